The topological polar surface area (TPSA) is 69.7 Å². The lowest BCUT2D eigenvalue weighted by Crippen LogP contribution is -2.14. The third kappa shape index (κ3) is 5.53. The van der Waals surface area contributed by atoms with E-state index in [1.165, 1.54) is 19.2 Å². The highest BCUT2D eigenvalue weighted by molar-refractivity contribution is 6.42. The average Bonchev–Trinajstić information content (AvgIpc) is 2.36. The number of carbonyl (C=O) groups is 3. The number of hydrogen-bond acceptors (Lipinski definition) is 5. The zero-order chi connectivity index (χ0) is 16.0. The molecular formula is C13H11Cl3O5. The number of carbonyl (C=O) groups excluding carboxylic acids is 3. The summed E-state index contributed by atoms with van der Waals surface area (Å²) in [6, 6.07) is 2.63. The molecule has 0 amide bonds. The lowest BCUT2D eigenvalue weighted by atomic mass is 10.2. The molecule has 114 valence electrons. The molecule has 0 atom stereocenters. The molecule has 0 unspecified atom stereocenters. The number of benzene rings is 1. The minimum absolute atomic E-state index is 0.0140. The second-order valence-electron chi connectivity index (χ2n) is 3.94. The van der Waals surface area contributed by atoms with Crippen molar-refractivity contribution < 1.29 is 23.9 Å². The van der Waals surface area contributed by atoms with E-state index in [9.17, 15) is 14.4 Å². The van der Waals surface area contributed by atoms with Gasteiger partial charge in [-0.25, -0.2) is 4.79 Å². The van der Waals surface area contributed by atoms with E-state index < -0.39 is 17.9 Å². The minimum atomic E-state index is -0.968. The van der Waals surface area contributed by atoms with Crippen LogP contribution in [0, 0.1) is 0 Å². The third-order valence-electron chi connectivity index (χ3n) is 2.41. The zero-order valence-electron chi connectivity index (χ0n) is 11.0. The SMILES string of the molecule is COC(=O)CCCC(=O)OC(=O)c1c(Cl)cc(Cl)cc1Cl. The first-order chi connectivity index (χ1) is 9.85. The lowest BCUT2D eigenvalue weighted by molar-refractivity contribution is -0.141. The summed E-state index contributed by atoms with van der Waals surface area (Å²) in [6.45, 7) is 0. The maximum Gasteiger partial charge on any atom is 0.348 e. The number of rotatable bonds is 5. The van der Waals surface area contributed by atoms with Gasteiger partial charge in [-0.3, -0.25) is 9.59 Å². The van der Waals surface area contributed by atoms with Crippen LogP contribution in [0.3, 0.4) is 0 Å². The van der Waals surface area contributed by atoms with Crippen molar-refractivity contribution in [1.29, 1.82) is 0 Å². The summed E-state index contributed by atoms with van der Waals surface area (Å²) >= 11 is 17.4. The van der Waals surface area contributed by atoms with E-state index in [4.69, 9.17) is 34.8 Å². The van der Waals surface area contributed by atoms with Crippen LogP contribution in [0.4, 0.5) is 0 Å². The van der Waals surface area contributed by atoms with Crippen molar-refractivity contribution in [3.8, 4) is 0 Å². The Kier molecular flexibility index (Phi) is 6.95. The van der Waals surface area contributed by atoms with Gasteiger partial charge in [-0.15, -0.1) is 0 Å². The van der Waals surface area contributed by atoms with Gasteiger partial charge >= 0.3 is 17.9 Å². The van der Waals surface area contributed by atoms with Crippen molar-refractivity contribution >= 4 is 52.7 Å². The Hall–Kier alpha value is -1.30. The highest BCUT2D eigenvalue weighted by Gasteiger charge is 2.20. The number of esters is 3. The summed E-state index contributed by atoms with van der Waals surface area (Å²) in [5.41, 5.74) is -0.135. The molecular weight excluding hydrogens is 342 g/mol. The second kappa shape index (κ2) is 8.22. The largest absolute Gasteiger partial charge is 0.469 e. The quantitative estimate of drug-likeness (QED) is 0.596. The van der Waals surface area contributed by atoms with Crippen molar-refractivity contribution in [2.45, 2.75) is 19.3 Å². The molecule has 1 rings (SSSR count). The molecule has 5 nitrogen and oxygen atoms in total. The second-order valence-corrected chi connectivity index (χ2v) is 5.19. The first kappa shape index (κ1) is 17.8. The highest BCUT2D eigenvalue weighted by Crippen LogP contribution is 2.29. The van der Waals surface area contributed by atoms with E-state index in [1.807, 2.05) is 0 Å². The zero-order valence-corrected chi connectivity index (χ0v) is 13.2. The Balaban J connectivity index is 2.61. The fraction of sp³-hybridized carbons (Fsp3) is 0.308. The van der Waals surface area contributed by atoms with Gasteiger partial charge in [0.15, 0.2) is 0 Å². The van der Waals surface area contributed by atoms with E-state index in [2.05, 4.69) is 9.47 Å². The van der Waals surface area contributed by atoms with Gasteiger partial charge in [-0.2, -0.15) is 0 Å². The molecule has 0 saturated carbocycles. The Morgan fingerprint density at radius 3 is 2.05 bits per heavy atom. The van der Waals surface area contributed by atoms with Crippen LogP contribution in [-0.4, -0.2) is 25.0 Å². The lowest BCUT2D eigenvalue weighted by Gasteiger charge is -2.07. The van der Waals surface area contributed by atoms with Crippen LogP contribution in [0.1, 0.15) is 29.6 Å². The van der Waals surface area contributed by atoms with Gasteiger partial charge in [0.05, 0.1) is 22.7 Å². The summed E-state index contributed by atoms with van der Waals surface area (Å²) in [5, 5.41) is 0.227. The number of halogens is 3. The highest BCUT2D eigenvalue weighted by atomic mass is 35.5. The molecule has 0 saturated heterocycles. The van der Waals surface area contributed by atoms with Crippen molar-refractivity contribution in [3.05, 3.63) is 32.8 Å². The van der Waals surface area contributed by atoms with Crippen molar-refractivity contribution in [3.63, 3.8) is 0 Å². The molecule has 8 heteroatoms. The first-order valence-corrected chi connectivity index (χ1v) is 6.95. The molecule has 1 aromatic carbocycles. The molecule has 0 fully saturated rings. The summed E-state index contributed by atoms with van der Waals surface area (Å²) in [7, 11) is 1.24. The summed E-state index contributed by atoms with van der Waals surface area (Å²) in [6.07, 6.45) is 0.160. The molecule has 0 aliphatic rings. The fourth-order valence-electron chi connectivity index (χ4n) is 1.42. The standard InChI is InChI=1S/C13H11Cl3O5/c1-20-10(17)3-2-4-11(18)21-13(19)12-8(15)5-7(14)6-9(12)16/h5-6H,2-4H2,1H3. The molecule has 1 aromatic rings. The Morgan fingerprint density at radius 1 is 1.00 bits per heavy atom. The van der Waals surface area contributed by atoms with Crippen LogP contribution < -0.4 is 0 Å². The predicted octanol–water partition coefficient (Wildman–Crippen LogP) is 3.67. The van der Waals surface area contributed by atoms with E-state index in [0.717, 1.165) is 0 Å². The molecule has 21 heavy (non-hydrogen) atoms. The molecule has 0 aliphatic carbocycles. The summed E-state index contributed by atoms with van der Waals surface area (Å²) in [5.74, 6) is -2.20. The van der Waals surface area contributed by atoms with Gasteiger partial charge in [-0.1, -0.05) is 34.8 Å². The monoisotopic (exact) mass is 352 g/mol. The van der Waals surface area contributed by atoms with Crippen molar-refractivity contribution in [2.75, 3.05) is 7.11 Å². The van der Waals surface area contributed by atoms with Crippen LogP contribution in [-0.2, 0) is 19.1 Å². The van der Waals surface area contributed by atoms with Crippen molar-refractivity contribution in [1.82, 2.24) is 0 Å². The Morgan fingerprint density at radius 2 is 1.52 bits per heavy atom. The van der Waals surface area contributed by atoms with Gasteiger partial charge in [0.1, 0.15) is 0 Å². The van der Waals surface area contributed by atoms with Gasteiger partial charge in [-0.05, 0) is 18.6 Å². The Bertz CT molecular complexity index is 548. The van der Waals surface area contributed by atoms with Crippen LogP contribution in [0.15, 0.2) is 12.1 Å². The van der Waals surface area contributed by atoms with Crippen molar-refractivity contribution in [2.24, 2.45) is 0 Å². The van der Waals surface area contributed by atoms with Gasteiger partial charge in [0.2, 0.25) is 0 Å². The van der Waals surface area contributed by atoms with E-state index in [0.29, 0.717) is 0 Å². The third-order valence-corrected chi connectivity index (χ3v) is 3.22. The first-order valence-electron chi connectivity index (χ1n) is 5.81. The van der Waals surface area contributed by atoms with Crippen LogP contribution >= 0.6 is 34.8 Å². The Labute approximate surface area is 136 Å². The van der Waals surface area contributed by atoms with E-state index in [1.54, 1.807) is 0 Å². The summed E-state index contributed by atoms with van der Waals surface area (Å²) in [4.78, 5) is 34.2. The maximum atomic E-state index is 11.8. The smallest absolute Gasteiger partial charge is 0.348 e. The number of ether oxygens (including phenoxy) is 2. The average molecular weight is 354 g/mol. The van der Waals surface area contributed by atoms with Crippen LogP contribution in [0.2, 0.25) is 15.1 Å². The van der Waals surface area contributed by atoms with E-state index >= 15 is 0 Å². The molecule has 0 bridgehead atoms. The molecule has 0 heterocycles. The number of hydrogen-bond donors (Lipinski definition) is 0. The fourth-order valence-corrected chi connectivity index (χ4v) is 2.39. The van der Waals surface area contributed by atoms with Crippen LogP contribution in [0.5, 0.6) is 0 Å². The molecule has 0 aromatic heterocycles. The van der Waals surface area contributed by atoms with Gasteiger partial charge in [0, 0.05) is 17.9 Å². The molecule has 0 aliphatic heterocycles. The van der Waals surface area contributed by atoms with Gasteiger partial charge in [0.25, 0.3) is 0 Å². The predicted molar refractivity (Wildman–Crippen MR) is 77.8 cm³/mol. The number of methoxy groups -OCH3 is 1. The van der Waals surface area contributed by atoms with E-state index in [-0.39, 0.29) is 39.9 Å². The van der Waals surface area contributed by atoms with Gasteiger partial charge < -0.3 is 9.47 Å². The normalized spacial score (nSPS) is 10.1. The van der Waals surface area contributed by atoms with Crippen LogP contribution in [0.25, 0.3) is 0 Å². The summed E-state index contributed by atoms with van der Waals surface area (Å²) < 4.78 is 9.03. The molecule has 0 spiro atoms. The molecule has 0 radical (unpaired) electrons. The molecule has 0 N–H and O–H groups in total. The minimum Gasteiger partial charge on any atom is -0.469 e. The maximum absolute atomic E-state index is 11.8.